The highest BCUT2D eigenvalue weighted by molar-refractivity contribution is 6.09. The van der Waals surface area contributed by atoms with Crippen molar-refractivity contribution in [3.05, 3.63) is 78.5 Å². The van der Waals surface area contributed by atoms with Crippen molar-refractivity contribution in [1.82, 2.24) is 14.8 Å². The Hall–Kier alpha value is -4.00. The normalized spacial score (nSPS) is 12.7. The highest BCUT2D eigenvalue weighted by Crippen LogP contribution is 2.40. The van der Waals surface area contributed by atoms with Crippen LogP contribution < -0.4 is 9.47 Å². The second-order valence-corrected chi connectivity index (χ2v) is 6.99. The molecule has 1 aliphatic rings. The molecule has 3 heterocycles. The van der Waals surface area contributed by atoms with Gasteiger partial charge in [-0.1, -0.05) is 0 Å². The van der Waals surface area contributed by atoms with Gasteiger partial charge in [-0.25, -0.2) is 13.5 Å². The van der Waals surface area contributed by atoms with Crippen LogP contribution in [0.2, 0.25) is 0 Å². The summed E-state index contributed by atoms with van der Waals surface area (Å²) in [5.41, 5.74) is 3.62. The van der Waals surface area contributed by atoms with E-state index in [-0.39, 0.29) is 18.4 Å². The molecule has 30 heavy (non-hydrogen) atoms. The molecule has 0 saturated heterocycles. The number of hydrogen-bond donors (Lipinski definition) is 0. The average Bonchev–Trinajstić information content (AvgIpc) is 3.37. The Morgan fingerprint density at radius 2 is 1.47 bits per heavy atom. The standard InChI is InChI=1S/C23H13F2N3O2/c24-14-3-1-13(2-4-14)22-18-11-26-19-10-21-20(29-12-30-21)9-17(19)23(18)28(27-22)16-7-5-15(25)6-8-16/h1-11H,12H2. The molecule has 0 unspecified atom stereocenters. The van der Waals surface area contributed by atoms with Crippen LogP contribution >= 0.6 is 0 Å². The topological polar surface area (TPSA) is 49.2 Å². The van der Waals surface area contributed by atoms with Gasteiger partial charge in [0.15, 0.2) is 11.5 Å². The molecule has 3 aromatic carbocycles. The van der Waals surface area contributed by atoms with E-state index in [0.717, 1.165) is 27.4 Å². The average molecular weight is 401 g/mol. The van der Waals surface area contributed by atoms with E-state index in [0.29, 0.717) is 22.9 Å². The zero-order valence-corrected chi connectivity index (χ0v) is 15.5. The van der Waals surface area contributed by atoms with Crippen LogP contribution in [0.15, 0.2) is 66.9 Å². The molecule has 0 saturated carbocycles. The minimum Gasteiger partial charge on any atom is -0.454 e. The number of halogens is 2. The van der Waals surface area contributed by atoms with Gasteiger partial charge in [-0.2, -0.15) is 5.10 Å². The highest BCUT2D eigenvalue weighted by atomic mass is 19.1. The number of benzene rings is 3. The Kier molecular flexibility index (Phi) is 3.52. The Morgan fingerprint density at radius 3 is 2.20 bits per heavy atom. The molecule has 0 radical (unpaired) electrons. The molecule has 146 valence electrons. The first-order valence-corrected chi connectivity index (χ1v) is 9.30. The second kappa shape index (κ2) is 6.25. The lowest BCUT2D eigenvalue weighted by Crippen LogP contribution is -1.97. The maximum atomic E-state index is 13.5. The van der Waals surface area contributed by atoms with Crippen molar-refractivity contribution >= 4 is 21.8 Å². The fourth-order valence-corrected chi connectivity index (χ4v) is 3.76. The minimum atomic E-state index is -0.330. The van der Waals surface area contributed by atoms with Gasteiger partial charge in [0.1, 0.15) is 17.3 Å². The molecule has 0 amide bonds. The number of fused-ring (bicyclic) bond motifs is 4. The molecule has 0 fully saturated rings. The molecule has 5 nitrogen and oxygen atoms in total. The highest BCUT2D eigenvalue weighted by Gasteiger charge is 2.21. The number of nitrogens with zero attached hydrogens (tertiary/aromatic N) is 3. The molecule has 1 aliphatic heterocycles. The van der Waals surface area contributed by atoms with Crippen molar-refractivity contribution in [3.8, 4) is 28.4 Å². The first-order chi connectivity index (χ1) is 14.7. The lowest BCUT2D eigenvalue weighted by molar-refractivity contribution is 0.174. The van der Waals surface area contributed by atoms with E-state index in [1.165, 1.54) is 24.3 Å². The monoisotopic (exact) mass is 401 g/mol. The van der Waals surface area contributed by atoms with Crippen LogP contribution in [0.5, 0.6) is 11.5 Å². The van der Waals surface area contributed by atoms with Crippen LogP contribution in [0, 0.1) is 11.6 Å². The molecule has 0 aliphatic carbocycles. The Morgan fingerprint density at radius 1 is 0.800 bits per heavy atom. The van der Waals surface area contributed by atoms with E-state index in [9.17, 15) is 8.78 Å². The van der Waals surface area contributed by atoms with Crippen LogP contribution in [-0.2, 0) is 0 Å². The van der Waals surface area contributed by atoms with E-state index >= 15 is 0 Å². The van der Waals surface area contributed by atoms with Crippen LogP contribution in [-0.4, -0.2) is 21.6 Å². The molecule has 0 bridgehead atoms. The SMILES string of the molecule is Fc1ccc(-c2nn(-c3ccc(F)cc3)c3c2cnc2cc4c(cc23)OCO4)cc1. The predicted octanol–water partition coefficient (Wildman–Crippen LogP) is 5.25. The molecule has 0 atom stereocenters. The zero-order chi connectivity index (χ0) is 20.2. The fourth-order valence-electron chi connectivity index (χ4n) is 3.76. The zero-order valence-electron chi connectivity index (χ0n) is 15.5. The van der Waals surface area contributed by atoms with Gasteiger partial charge in [-0.3, -0.25) is 4.98 Å². The Balaban J connectivity index is 1.71. The van der Waals surface area contributed by atoms with Gasteiger partial charge in [0, 0.05) is 28.6 Å². The summed E-state index contributed by atoms with van der Waals surface area (Å²) in [6.45, 7) is 0.160. The molecule has 2 aromatic heterocycles. The van der Waals surface area contributed by atoms with Crippen molar-refractivity contribution in [3.63, 3.8) is 0 Å². The van der Waals surface area contributed by atoms with Crippen LogP contribution in [0.25, 0.3) is 38.8 Å². The quantitative estimate of drug-likeness (QED) is 0.406. The first-order valence-electron chi connectivity index (χ1n) is 9.30. The summed E-state index contributed by atoms with van der Waals surface area (Å²) >= 11 is 0. The molecule has 6 rings (SSSR count). The van der Waals surface area contributed by atoms with Crippen molar-refractivity contribution in [2.45, 2.75) is 0 Å². The van der Waals surface area contributed by atoms with Crippen molar-refractivity contribution in [1.29, 1.82) is 0 Å². The molecular formula is C23H13F2N3O2. The van der Waals surface area contributed by atoms with Crippen LogP contribution in [0.1, 0.15) is 0 Å². The lowest BCUT2D eigenvalue weighted by atomic mass is 10.1. The number of pyridine rings is 1. The Labute approximate surface area is 169 Å². The lowest BCUT2D eigenvalue weighted by Gasteiger charge is -2.07. The number of hydrogen-bond acceptors (Lipinski definition) is 4. The van der Waals surface area contributed by atoms with Gasteiger partial charge in [0.05, 0.1) is 16.7 Å². The van der Waals surface area contributed by atoms with E-state index in [2.05, 4.69) is 4.98 Å². The Bertz CT molecular complexity index is 1430. The minimum absolute atomic E-state index is 0.160. The largest absolute Gasteiger partial charge is 0.454 e. The van der Waals surface area contributed by atoms with Crippen molar-refractivity contribution in [2.75, 3.05) is 6.79 Å². The predicted molar refractivity (Wildman–Crippen MR) is 108 cm³/mol. The molecule has 0 N–H and O–H groups in total. The molecule has 0 spiro atoms. The summed E-state index contributed by atoms with van der Waals surface area (Å²) in [5, 5.41) is 6.40. The molecule has 5 aromatic rings. The van der Waals surface area contributed by atoms with E-state index in [4.69, 9.17) is 14.6 Å². The summed E-state index contributed by atoms with van der Waals surface area (Å²) in [6.07, 6.45) is 1.74. The van der Waals surface area contributed by atoms with Gasteiger partial charge in [-0.15, -0.1) is 0 Å². The maximum Gasteiger partial charge on any atom is 0.231 e. The number of rotatable bonds is 2. The summed E-state index contributed by atoms with van der Waals surface area (Å²) in [7, 11) is 0. The van der Waals surface area contributed by atoms with Crippen LogP contribution in [0.4, 0.5) is 8.78 Å². The summed E-state index contributed by atoms with van der Waals surface area (Å²) < 4.78 is 39.8. The molecular weight excluding hydrogens is 388 g/mol. The third kappa shape index (κ3) is 2.52. The van der Waals surface area contributed by atoms with E-state index in [1.54, 1.807) is 35.1 Å². The van der Waals surface area contributed by atoms with Gasteiger partial charge in [0.25, 0.3) is 0 Å². The summed E-state index contributed by atoms with van der Waals surface area (Å²) in [4.78, 5) is 4.59. The van der Waals surface area contributed by atoms with Crippen molar-refractivity contribution in [2.24, 2.45) is 0 Å². The van der Waals surface area contributed by atoms with Gasteiger partial charge in [-0.05, 0) is 54.6 Å². The second-order valence-electron chi connectivity index (χ2n) is 6.99. The summed E-state index contributed by atoms with van der Waals surface area (Å²) in [6, 6.07) is 15.9. The maximum absolute atomic E-state index is 13.5. The van der Waals surface area contributed by atoms with Gasteiger partial charge in [0.2, 0.25) is 6.79 Å². The van der Waals surface area contributed by atoms with Gasteiger partial charge >= 0.3 is 0 Å². The third-order valence-electron chi connectivity index (χ3n) is 5.19. The van der Waals surface area contributed by atoms with Gasteiger partial charge < -0.3 is 9.47 Å². The van der Waals surface area contributed by atoms with Crippen LogP contribution in [0.3, 0.4) is 0 Å². The van der Waals surface area contributed by atoms with E-state index < -0.39 is 0 Å². The summed E-state index contributed by atoms with van der Waals surface area (Å²) in [5.74, 6) is 0.620. The third-order valence-corrected chi connectivity index (χ3v) is 5.19. The van der Waals surface area contributed by atoms with E-state index in [1.807, 2.05) is 12.1 Å². The number of aromatic nitrogens is 3. The smallest absolute Gasteiger partial charge is 0.231 e. The molecule has 7 heteroatoms. The first kappa shape index (κ1) is 16.9. The van der Waals surface area contributed by atoms with Crippen molar-refractivity contribution < 1.29 is 18.3 Å². The fraction of sp³-hybridized carbons (Fsp3) is 0.0435. The number of ether oxygens (including phenoxy) is 2.